The van der Waals surface area contributed by atoms with Crippen LogP contribution in [0.1, 0.15) is 45.7 Å². The van der Waals surface area contributed by atoms with Gasteiger partial charge in [-0.15, -0.1) is 0 Å². The van der Waals surface area contributed by atoms with Crippen LogP contribution >= 0.6 is 0 Å². The molecule has 0 aliphatic rings. The Morgan fingerprint density at radius 1 is 1.00 bits per heavy atom. The molecule has 0 atom stereocenters. The molecule has 0 fully saturated rings. The Morgan fingerprint density at radius 3 is 2.04 bits per heavy atom. The summed E-state index contributed by atoms with van der Waals surface area (Å²) < 4.78 is 1.55. The van der Waals surface area contributed by atoms with Gasteiger partial charge < -0.3 is 0 Å². The van der Waals surface area contributed by atoms with Crippen molar-refractivity contribution in [2.45, 2.75) is 63.7 Å². The van der Waals surface area contributed by atoms with Crippen LogP contribution in [0.2, 0.25) is 17.3 Å². The van der Waals surface area contributed by atoms with Crippen LogP contribution in [0.25, 0.3) is 11.3 Å². The van der Waals surface area contributed by atoms with Gasteiger partial charge in [0.2, 0.25) is 0 Å². The summed E-state index contributed by atoms with van der Waals surface area (Å²) in [6, 6.07) is 11.3. The first-order valence-electron chi connectivity index (χ1n) is 9.09. The normalized spacial score (nSPS) is 12.7. The van der Waals surface area contributed by atoms with E-state index in [0.29, 0.717) is 5.92 Å². The summed E-state index contributed by atoms with van der Waals surface area (Å²) >= 11 is -1.89. The maximum atomic E-state index is 4.82. The second-order valence-corrected chi connectivity index (χ2v) is 20.0. The average Bonchev–Trinajstić information content (AvgIpc) is 2.44. The van der Waals surface area contributed by atoms with Gasteiger partial charge in [-0.05, 0) is 0 Å². The van der Waals surface area contributed by atoms with Crippen LogP contribution in [0, 0.1) is 5.92 Å². The predicted octanol–water partition coefficient (Wildman–Crippen LogP) is 5.79. The molecular weight excluding hydrogens is 351 g/mol. The van der Waals surface area contributed by atoms with E-state index in [1.807, 2.05) is 0 Å². The van der Waals surface area contributed by atoms with E-state index in [0.717, 1.165) is 12.1 Å². The molecule has 0 unspecified atom stereocenters. The van der Waals surface area contributed by atoms with E-state index in [4.69, 9.17) is 4.98 Å². The van der Waals surface area contributed by atoms with Crippen LogP contribution in [0.5, 0.6) is 0 Å². The molecule has 0 saturated heterocycles. The van der Waals surface area contributed by atoms with Crippen molar-refractivity contribution in [3.8, 4) is 11.3 Å². The molecule has 1 nitrogen and oxygen atoms in total. The number of benzene rings is 1. The number of aromatic nitrogens is 1. The summed E-state index contributed by atoms with van der Waals surface area (Å²) in [4.78, 5) is 4.82. The monoisotopic (exact) mass is 385 g/mol. The van der Waals surface area contributed by atoms with Crippen molar-refractivity contribution >= 4 is 17.7 Å². The fourth-order valence-electron chi connectivity index (χ4n) is 3.08. The molecule has 0 aliphatic heterocycles. The van der Waals surface area contributed by atoms with E-state index in [1.54, 1.807) is 4.40 Å². The first kappa shape index (κ1) is 19.2. The predicted molar refractivity (Wildman–Crippen MR) is 110 cm³/mol. The molecule has 24 heavy (non-hydrogen) atoms. The number of rotatable bonds is 4. The van der Waals surface area contributed by atoms with Crippen LogP contribution < -0.4 is 4.40 Å². The zero-order valence-electron chi connectivity index (χ0n) is 16.7. The second kappa shape index (κ2) is 7.03. The first-order valence-corrected chi connectivity index (χ1v) is 16.4. The van der Waals surface area contributed by atoms with Gasteiger partial charge in [-0.2, -0.15) is 0 Å². The van der Waals surface area contributed by atoms with Gasteiger partial charge in [-0.3, -0.25) is 0 Å². The molecule has 1 heterocycles. The molecule has 0 saturated carbocycles. The fraction of sp³-hybridized carbons (Fsp3) is 0.500. The van der Waals surface area contributed by atoms with Crippen molar-refractivity contribution in [3.05, 3.63) is 47.7 Å². The van der Waals surface area contributed by atoms with Crippen molar-refractivity contribution in [3.63, 3.8) is 0 Å². The van der Waals surface area contributed by atoms with Crippen molar-refractivity contribution < 1.29 is 0 Å². The van der Waals surface area contributed by atoms with Crippen LogP contribution in [-0.2, 0) is 11.8 Å². The van der Waals surface area contributed by atoms with Crippen LogP contribution in [0.3, 0.4) is 0 Å². The van der Waals surface area contributed by atoms with E-state index in [2.05, 4.69) is 88.4 Å². The van der Waals surface area contributed by atoms with Crippen molar-refractivity contribution in [1.82, 2.24) is 4.98 Å². The van der Waals surface area contributed by atoms with Crippen molar-refractivity contribution in [1.29, 1.82) is 0 Å². The minimum atomic E-state index is -1.89. The van der Waals surface area contributed by atoms with Gasteiger partial charge in [0, 0.05) is 0 Å². The quantitative estimate of drug-likeness (QED) is 0.609. The molecule has 0 amide bonds. The summed E-state index contributed by atoms with van der Waals surface area (Å²) in [6.45, 7) is 11.4. The van der Waals surface area contributed by atoms with Crippen LogP contribution in [0.4, 0.5) is 0 Å². The summed E-state index contributed by atoms with van der Waals surface area (Å²) in [7, 11) is 0. The Morgan fingerprint density at radius 2 is 1.58 bits per heavy atom. The van der Waals surface area contributed by atoms with Gasteiger partial charge in [-0.25, -0.2) is 0 Å². The van der Waals surface area contributed by atoms with E-state index < -0.39 is 13.3 Å². The molecule has 2 aromatic rings. The number of pyridine rings is 1. The number of hydrogen-bond acceptors (Lipinski definition) is 1. The standard InChI is InChI=1S/C22H33GeN/c1-16(2)13-18-14-21(24-15-20(18)23(6,7)8)17-9-11-19(12-10-17)22(3,4)5/h9-12,14-16H,13H2,1-8H3. The molecule has 0 N–H and O–H groups in total. The van der Waals surface area contributed by atoms with Crippen LogP contribution in [-0.4, -0.2) is 18.3 Å². The summed E-state index contributed by atoms with van der Waals surface area (Å²) in [6.07, 6.45) is 3.32. The molecule has 2 rings (SSSR count). The Kier molecular flexibility index (Phi) is 5.64. The van der Waals surface area contributed by atoms with Crippen molar-refractivity contribution in [2.75, 3.05) is 0 Å². The molecule has 1 aromatic carbocycles. The third-order valence-corrected chi connectivity index (χ3v) is 8.81. The zero-order chi connectivity index (χ0) is 18.1. The molecule has 0 bridgehead atoms. The Hall–Kier alpha value is -1.09. The summed E-state index contributed by atoms with van der Waals surface area (Å²) in [5, 5.41) is 0. The topological polar surface area (TPSA) is 12.9 Å². The van der Waals surface area contributed by atoms with Gasteiger partial charge in [0.1, 0.15) is 0 Å². The van der Waals surface area contributed by atoms with E-state index in [1.165, 1.54) is 16.7 Å². The third kappa shape index (κ3) is 4.72. The van der Waals surface area contributed by atoms with Crippen molar-refractivity contribution in [2.24, 2.45) is 5.92 Å². The summed E-state index contributed by atoms with van der Waals surface area (Å²) in [5.41, 5.74) is 5.41. The van der Waals surface area contributed by atoms with Gasteiger partial charge in [-0.1, -0.05) is 0 Å². The second-order valence-electron chi connectivity index (χ2n) is 9.40. The summed E-state index contributed by atoms with van der Waals surface area (Å²) in [5.74, 6) is 8.04. The molecule has 0 radical (unpaired) electrons. The zero-order valence-corrected chi connectivity index (χ0v) is 18.8. The van der Waals surface area contributed by atoms with E-state index in [9.17, 15) is 0 Å². The Bertz CT molecular complexity index is 685. The minimum absolute atomic E-state index is 0.193. The molecule has 0 spiro atoms. The van der Waals surface area contributed by atoms with Gasteiger partial charge in [0.15, 0.2) is 0 Å². The molecular formula is C22H33GeN. The average molecular weight is 384 g/mol. The SMILES string of the molecule is CC(C)Cc1cc(-c2ccc(C(C)(C)C)cc2)nc[c]1[Ge]([CH3])([CH3])[CH3]. The molecule has 2 heteroatoms. The van der Waals surface area contributed by atoms with Gasteiger partial charge >= 0.3 is 151 Å². The third-order valence-electron chi connectivity index (χ3n) is 4.47. The Balaban J connectivity index is 2.44. The molecule has 0 aliphatic carbocycles. The first-order chi connectivity index (χ1) is 11.0. The fourth-order valence-corrected chi connectivity index (χ4v) is 6.41. The Labute approximate surface area is 151 Å². The number of nitrogens with zero attached hydrogens (tertiary/aromatic N) is 1. The molecule has 1 aromatic heterocycles. The maximum absolute atomic E-state index is 4.82. The van der Waals surface area contributed by atoms with Gasteiger partial charge in [0.25, 0.3) is 0 Å². The van der Waals surface area contributed by atoms with Crippen LogP contribution in [0.15, 0.2) is 36.5 Å². The van der Waals surface area contributed by atoms with E-state index >= 15 is 0 Å². The number of hydrogen-bond donors (Lipinski definition) is 0. The van der Waals surface area contributed by atoms with E-state index in [-0.39, 0.29) is 5.41 Å². The van der Waals surface area contributed by atoms with Gasteiger partial charge in [0.05, 0.1) is 0 Å². The molecule has 130 valence electrons.